The fraction of sp³-hybridized carbons (Fsp3) is 0. The zero-order valence-electron chi connectivity index (χ0n) is 8.63. The van der Waals surface area contributed by atoms with E-state index >= 15 is 0 Å². The molecule has 2 rings (SSSR count). The molecular formula is C11H8FN3O2. The van der Waals surface area contributed by atoms with E-state index in [4.69, 9.17) is 5.73 Å². The summed E-state index contributed by atoms with van der Waals surface area (Å²) in [4.78, 5) is 26.3. The van der Waals surface area contributed by atoms with Gasteiger partial charge in [0.15, 0.2) is 5.69 Å². The fourth-order valence-electron chi connectivity index (χ4n) is 1.39. The maximum Gasteiger partial charge on any atom is 0.286 e. The number of hydrogen-bond acceptors (Lipinski definition) is 3. The third kappa shape index (κ3) is 2.05. The molecule has 6 heteroatoms. The van der Waals surface area contributed by atoms with E-state index in [9.17, 15) is 14.0 Å². The van der Waals surface area contributed by atoms with Gasteiger partial charge in [-0.05, 0) is 24.3 Å². The minimum atomic E-state index is -0.897. The molecule has 2 aromatic rings. The van der Waals surface area contributed by atoms with Crippen LogP contribution < -0.4 is 11.3 Å². The van der Waals surface area contributed by atoms with Crippen LogP contribution in [0.2, 0.25) is 0 Å². The van der Waals surface area contributed by atoms with Crippen LogP contribution in [-0.2, 0) is 0 Å². The number of amides is 1. The van der Waals surface area contributed by atoms with Crippen molar-refractivity contribution in [2.24, 2.45) is 5.73 Å². The molecule has 0 aliphatic heterocycles. The highest BCUT2D eigenvalue weighted by molar-refractivity contribution is 5.90. The maximum atomic E-state index is 12.7. The van der Waals surface area contributed by atoms with Crippen molar-refractivity contribution in [1.82, 2.24) is 9.55 Å². The van der Waals surface area contributed by atoms with Crippen molar-refractivity contribution in [1.29, 1.82) is 0 Å². The molecule has 0 bridgehead atoms. The lowest BCUT2D eigenvalue weighted by Gasteiger charge is -2.05. The summed E-state index contributed by atoms with van der Waals surface area (Å²) in [5.74, 6) is -1.31. The molecule has 0 atom stereocenters. The van der Waals surface area contributed by atoms with Gasteiger partial charge in [0, 0.05) is 18.1 Å². The van der Waals surface area contributed by atoms with Gasteiger partial charge in [-0.3, -0.25) is 14.2 Å². The summed E-state index contributed by atoms with van der Waals surface area (Å²) in [5, 5.41) is 0. The minimum Gasteiger partial charge on any atom is -0.364 e. The largest absolute Gasteiger partial charge is 0.364 e. The smallest absolute Gasteiger partial charge is 0.286 e. The molecule has 0 unspecified atom stereocenters. The second-order valence-electron chi connectivity index (χ2n) is 3.29. The van der Waals surface area contributed by atoms with Crippen LogP contribution in [0.15, 0.2) is 41.5 Å². The van der Waals surface area contributed by atoms with E-state index in [2.05, 4.69) is 4.98 Å². The summed E-state index contributed by atoms with van der Waals surface area (Å²) in [6.07, 6.45) is 2.66. The van der Waals surface area contributed by atoms with E-state index in [0.717, 1.165) is 0 Å². The second kappa shape index (κ2) is 4.17. The molecule has 0 saturated carbocycles. The molecule has 2 N–H and O–H groups in total. The number of primary amides is 1. The average Bonchev–Trinajstić information content (AvgIpc) is 2.30. The molecule has 1 aromatic carbocycles. The van der Waals surface area contributed by atoms with Gasteiger partial charge in [0.05, 0.1) is 0 Å². The first kappa shape index (κ1) is 11.0. The Morgan fingerprint density at radius 3 is 2.53 bits per heavy atom. The Morgan fingerprint density at radius 2 is 1.94 bits per heavy atom. The van der Waals surface area contributed by atoms with Crippen molar-refractivity contribution in [3.8, 4) is 5.69 Å². The van der Waals surface area contributed by atoms with Gasteiger partial charge >= 0.3 is 0 Å². The summed E-state index contributed by atoms with van der Waals surface area (Å²) in [6, 6.07) is 5.27. The van der Waals surface area contributed by atoms with Crippen molar-refractivity contribution in [2.45, 2.75) is 0 Å². The highest BCUT2D eigenvalue weighted by Gasteiger charge is 2.10. The van der Waals surface area contributed by atoms with Crippen molar-refractivity contribution >= 4 is 5.91 Å². The normalized spacial score (nSPS) is 10.2. The summed E-state index contributed by atoms with van der Waals surface area (Å²) in [5.41, 5.74) is 4.46. The number of rotatable bonds is 2. The lowest BCUT2D eigenvalue weighted by molar-refractivity contribution is 0.0993. The average molecular weight is 233 g/mol. The monoisotopic (exact) mass is 233 g/mol. The zero-order valence-corrected chi connectivity index (χ0v) is 8.63. The summed E-state index contributed by atoms with van der Waals surface area (Å²) >= 11 is 0. The number of benzene rings is 1. The molecule has 86 valence electrons. The minimum absolute atomic E-state index is 0.350. The Balaban J connectivity index is 2.61. The Kier molecular flexibility index (Phi) is 2.70. The van der Waals surface area contributed by atoms with Crippen LogP contribution in [0.25, 0.3) is 5.69 Å². The van der Waals surface area contributed by atoms with Gasteiger partial charge in [0.2, 0.25) is 0 Å². The number of carbonyl (C=O) groups excluding carboxylic acids is 1. The molecule has 5 nitrogen and oxygen atoms in total. The van der Waals surface area contributed by atoms with Crippen molar-refractivity contribution in [2.75, 3.05) is 0 Å². The molecule has 0 fully saturated rings. The molecule has 1 aromatic heterocycles. The van der Waals surface area contributed by atoms with Crippen LogP contribution >= 0.6 is 0 Å². The number of nitrogens with two attached hydrogens (primary N) is 1. The van der Waals surface area contributed by atoms with Gasteiger partial charge in [0.25, 0.3) is 11.5 Å². The number of carbonyl (C=O) groups is 1. The van der Waals surface area contributed by atoms with Crippen LogP contribution in [0.1, 0.15) is 10.5 Å². The van der Waals surface area contributed by atoms with E-state index in [1.807, 2.05) is 0 Å². The SMILES string of the molecule is NC(=O)c1nccn(-c2ccc(F)cc2)c1=O. The highest BCUT2D eigenvalue weighted by Crippen LogP contribution is 2.06. The Bertz CT molecular complexity index is 619. The Morgan fingerprint density at radius 1 is 1.29 bits per heavy atom. The van der Waals surface area contributed by atoms with Gasteiger partial charge in [-0.15, -0.1) is 0 Å². The first-order valence-electron chi connectivity index (χ1n) is 4.73. The van der Waals surface area contributed by atoms with Crippen LogP contribution in [0.5, 0.6) is 0 Å². The van der Waals surface area contributed by atoms with Crippen LogP contribution in [0.4, 0.5) is 4.39 Å². The molecule has 17 heavy (non-hydrogen) atoms. The Hall–Kier alpha value is -2.50. The number of nitrogens with zero attached hydrogens (tertiary/aromatic N) is 2. The van der Waals surface area contributed by atoms with E-state index in [-0.39, 0.29) is 5.69 Å². The first-order valence-corrected chi connectivity index (χ1v) is 4.73. The predicted molar refractivity (Wildman–Crippen MR) is 58.3 cm³/mol. The van der Waals surface area contributed by atoms with Crippen molar-refractivity contribution < 1.29 is 9.18 Å². The lowest BCUT2D eigenvalue weighted by Crippen LogP contribution is -2.29. The maximum absolute atomic E-state index is 12.7. The summed E-state index contributed by atoms with van der Waals surface area (Å²) in [6.45, 7) is 0. The lowest BCUT2D eigenvalue weighted by atomic mass is 10.3. The molecule has 0 aliphatic rings. The Labute approximate surface area is 95.3 Å². The van der Waals surface area contributed by atoms with Gasteiger partial charge in [-0.25, -0.2) is 9.37 Å². The van der Waals surface area contributed by atoms with Crippen molar-refractivity contribution in [3.63, 3.8) is 0 Å². The van der Waals surface area contributed by atoms with Gasteiger partial charge in [-0.1, -0.05) is 0 Å². The quantitative estimate of drug-likeness (QED) is 0.818. The second-order valence-corrected chi connectivity index (χ2v) is 3.29. The summed E-state index contributed by atoms with van der Waals surface area (Å²) < 4.78 is 13.9. The number of hydrogen-bond donors (Lipinski definition) is 1. The van der Waals surface area contributed by atoms with Crippen LogP contribution in [-0.4, -0.2) is 15.5 Å². The highest BCUT2D eigenvalue weighted by atomic mass is 19.1. The van der Waals surface area contributed by atoms with E-state index < -0.39 is 17.3 Å². The number of halogens is 1. The topological polar surface area (TPSA) is 78.0 Å². The fourth-order valence-corrected chi connectivity index (χ4v) is 1.39. The molecule has 1 heterocycles. The molecular weight excluding hydrogens is 225 g/mol. The molecule has 0 spiro atoms. The first-order chi connectivity index (χ1) is 8.09. The zero-order chi connectivity index (χ0) is 12.4. The third-order valence-corrected chi connectivity index (χ3v) is 2.18. The summed E-state index contributed by atoms with van der Waals surface area (Å²) in [7, 11) is 0. The predicted octanol–water partition coefficient (Wildman–Crippen LogP) is 0.470. The van der Waals surface area contributed by atoms with E-state index in [1.54, 1.807) is 0 Å². The molecule has 1 amide bonds. The third-order valence-electron chi connectivity index (χ3n) is 2.18. The molecule has 0 radical (unpaired) electrons. The van der Waals surface area contributed by atoms with E-state index in [1.165, 1.54) is 41.2 Å². The molecule has 0 saturated heterocycles. The molecule has 0 aliphatic carbocycles. The van der Waals surface area contributed by atoms with E-state index in [0.29, 0.717) is 5.69 Å². The number of aromatic nitrogens is 2. The van der Waals surface area contributed by atoms with Gasteiger partial charge in [-0.2, -0.15) is 0 Å². The van der Waals surface area contributed by atoms with Crippen LogP contribution in [0.3, 0.4) is 0 Å². The van der Waals surface area contributed by atoms with Gasteiger partial charge in [0.1, 0.15) is 5.82 Å². The standard InChI is InChI=1S/C11H8FN3O2/c12-7-1-3-8(4-2-7)15-6-5-14-9(10(13)16)11(15)17/h1-6H,(H2,13,16). The van der Waals surface area contributed by atoms with Crippen LogP contribution in [0, 0.1) is 5.82 Å². The van der Waals surface area contributed by atoms with Crippen molar-refractivity contribution in [3.05, 3.63) is 58.5 Å². The van der Waals surface area contributed by atoms with Gasteiger partial charge < -0.3 is 5.73 Å².